The lowest BCUT2D eigenvalue weighted by Crippen LogP contribution is -2.49. The van der Waals surface area contributed by atoms with E-state index in [1.807, 2.05) is 18.7 Å². The smallest absolute Gasteiger partial charge is 0.312 e. The molecule has 0 radical (unpaired) electrons. The van der Waals surface area contributed by atoms with E-state index < -0.39 is 23.9 Å². The van der Waals surface area contributed by atoms with Crippen molar-refractivity contribution in [3.8, 4) is 0 Å². The third-order valence-corrected chi connectivity index (χ3v) is 8.76. The van der Waals surface area contributed by atoms with Gasteiger partial charge in [-0.1, -0.05) is 26.0 Å². The van der Waals surface area contributed by atoms with Crippen LogP contribution in [0, 0.1) is 17.8 Å². The van der Waals surface area contributed by atoms with Crippen LogP contribution in [-0.2, 0) is 35.3 Å². The lowest BCUT2D eigenvalue weighted by molar-refractivity contribution is -0.151. The number of nitrogens with one attached hydrogen (secondary N) is 3. The number of benzene rings is 1. The largest absolute Gasteiger partial charge is 0.469 e. The second-order valence-corrected chi connectivity index (χ2v) is 12.4. The number of carbonyl (C=O) groups excluding carboxylic acids is 6. The first-order valence-corrected chi connectivity index (χ1v) is 15.8. The molecule has 1 aromatic rings. The Kier molecular flexibility index (Phi) is 13.3. The normalized spacial score (nSPS) is 20.2. The maximum Gasteiger partial charge on any atom is 0.312 e. The van der Waals surface area contributed by atoms with Gasteiger partial charge in [-0.15, -0.1) is 0 Å². The molecule has 2 heterocycles. The van der Waals surface area contributed by atoms with Crippen molar-refractivity contribution in [2.75, 3.05) is 19.0 Å². The molecule has 3 rings (SSSR count). The second kappa shape index (κ2) is 16.9. The van der Waals surface area contributed by atoms with Crippen LogP contribution in [0.5, 0.6) is 0 Å². The minimum atomic E-state index is -0.845. The van der Waals surface area contributed by atoms with E-state index in [2.05, 4.69) is 16.0 Å². The molecule has 2 bridgehead atoms. The highest BCUT2D eigenvalue weighted by molar-refractivity contribution is 5.97. The Morgan fingerprint density at radius 1 is 1.00 bits per heavy atom. The van der Waals surface area contributed by atoms with Crippen LogP contribution >= 0.6 is 0 Å². The Bertz CT molecular complexity index is 1210. The van der Waals surface area contributed by atoms with Crippen molar-refractivity contribution in [1.29, 1.82) is 0 Å². The molecule has 0 saturated carbocycles. The number of primary amides is 1. The number of piperidine rings is 1. The first-order chi connectivity index (χ1) is 21.4. The zero-order valence-corrected chi connectivity index (χ0v) is 26.5. The fourth-order valence-corrected chi connectivity index (χ4v) is 6.38. The zero-order valence-electron chi connectivity index (χ0n) is 26.5. The highest BCUT2D eigenvalue weighted by atomic mass is 16.5. The van der Waals surface area contributed by atoms with Gasteiger partial charge in [-0.3, -0.25) is 24.0 Å². The predicted molar refractivity (Wildman–Crippen MR) is 167 cm³/mol. The van der Waals surface area contributed by atoms with E-state index >= 15 is 0 Å². The average Bonchev–Trinajstić information content (AvgIpc) is 3.28. The Hall–Kier alpha value is -4.00. The van der Waals surface area contributed by atoms with Gasteiger partial charge in [-0.2, -0.15) is 0 Å². The highest BCUT2D eigenvalue weighted by Crippen LogP contribution is 2.39. The van der Waals surface area contributed by atoms with Crippen LogP contribution in [0.15, 0.2) is 24.3 Å². The van der Waals surface area contributed by atoms with Crippen LogP contribution in [0.1, 0.15) is 77.2 Å². The van der Waals surface area contributed by atoms with Gasteiger partial charge in [0.1, 0.15) is 0 Å². The van der Waals surface area contributed by atoms with Crippen molar-refractivity contribution in [3.63, 3.8) is 0 Å². The number of anilines is 1. The molecule has 248 valence electrons. The summed E-state index contributed by atoms with van der Waals surface area (Å²) in [6, 6.07) is 5.49. The SMILES string of the molecule is COC(=O)C1CC2CCC(C1)N2C(=O)CCC(=O)N[C@H](C(=O)C[C@@H](CCCNC(N)=O)C(=O)Nc1ccc(CN)cc1)C(C)C. The number of hydrogen-bond acceptors (Lipinski definition) is 8. The molecular weight excluding hydrogens is 580 g/mol. The van der Waals surface area contributed by atoms with E-state index in [9.17, 15) is 28.8 Å². The number of ether oxygens (including phenoxy) is 1. The quantitative estimate of drug-likeness (QED) is 0.135. The minimum absolute atomic E-state index is 0.00156. The average molecular weight is 629 g/mol. The van der Waals surface area contributed by atoms with Crippen LogP contribution in [0.2, 0.25) is 0 Å². The number of Topliss-reactive ketones (excluding diaryl/α,β-unsaturated/α-hetero) is 1. The van der Waals surface area contributed by atoms with Gasteiger partial charge in [0.15, 0.2) is 5.78 Å². The Labute approximate surface area is 264 Å². The van der Waals surface area contributed by atoms with Crippen LogP contribution < -0.4 is 27.4 Å². The molecular formula is C32H48N6O7. The Morgan fingerprint density at radius 2 is 1.64 bits per heavy atom. The van der Waals surface area contributed by atoms with Gasteiger partial charge in [0.2, 0.25) is 17.7 Å². The molecule has 2 fully saturated rings. The summed E-state index contributed by atoms with van der Waals surface area (Å²) in [6.45, 7) is 4.23. The summed E-state index contributed by atoms with van der Waals surface area (Å²) in [5.74, 6) is -2.63. The molecule has 13 nitrogen and oxygen atoms in total. The number of carbonyl (C=O) groups is 6. The Balaban J connectivity index is 1.58. The van der Waals surface area contributed by atoms with Gasteiger partial charge in [0.05, 0.1) is 19.1 Å². The van der Waals surface area contributed by atoms with Gasteiger partial charge >= 0.3 is 12.0 Å². The number of esters is 1. The van der Waals surface area contributed by atoms with E-state index in [1.165, 1.54) is 7.11 Å². The second-order valence-electron chi connectivity index (χ2n) is 12.4. The number of ketones is 1. The third kappa shape index (κ3) is 10.3. The summed E-state index contributed by atoms with van der Waals surface area (Å²) in [7, 11) is 1.37. The fraction of sp³-hybridized carbons (Fsp3) is 0.625. The number of nitrogens with two attached hydrogens (primary N) is 2. The van der Waals surface area contributed by atoms with Crippen molar-refractivity contribution in [2.24, 2.45) is 29.2 Å². The number of urea groups is 1. The maximum atomic E-state index is 13.5. The van der Waals surface area contributed by atoms with Crippen molar-refractivity contribution in [1.82, 2.24) is 15.5 Å². The topological polar surface area (TPSA) is 203 Å². The van der Waals surface area contributed by atoms with Gasteiger partial charge in [0, 0.05) is 56.0 Å². The van der Waals surface area contributed by atoms with Crippen molar-refractivity contribution in [2.45, 2.75) is 96.3 Å². The highest BCUT2D eigenvalue weighted by Gasteiger charge is 2.45. The summed E-state index contributed by atoms with van der Waals surface area (Å²) < 4.78 is 4.90. The van der Waals surface area contributed by atoms with Gasteiger partial charge in [-0.25, -0.2) is 4.79 Å². The first-order valence-electron chi connectivity index (χ1n) is 15.8. The summed E-state index contributed by atoms with van der Waals surface area (Å²) in [5.41, 5.74) is 12.3. The molecule has 2 aliphatic rings. The van der Waals surface area contributed by atoms with Crippen LogP contribution in [0.25, 0.3) is 0 Å². The summed E-state index contributed by atoms with van der Waals surface area (Å²) in [4.78, 5) is 77.8. The molecule has 13 heteroatoms. The summed E-state index contributed by atoms with van der Waals surface area (Å²) in [5, 5.41) is 8.13. The number of amides is 5. The molecule has 0 spiro atoms. The molecule has 4 atom stereocenters. The predicted octanol–water partition coefficient (Wildman–Crippen LogP) is 1.97. The summed E-state index contributed by atoms with van der Waals surface area (Å²) >= 11 is 0. The van der Waals surface area contributed by atoms with Crippen molar-refractivity contribution < 1.29 is 33.5 Å². The zero-order chi connectivity index (χ0) is 33.1. The summed E-state index contributed by atoms with van der Waals surface area (Å²) in [6.07, 6.45) is 3.31. The third-order valence-electron chi connectivity index (χ3n) is 8.76. The Morgan fingerprint density at radius 3 is 2.20 bits per heavy atom. The lowest BCUT2D eigenvalue weighted by atomic mass is 9.89. The number of fused-ring (bicyclic) bond motifs is 2. The monoisotopic (exact) mass is 628 g/mol. The molecule has 2 saturated heterocycles. The van der Waals surface area contributed by atoms with Crippen molar-refractivity contribution >= 4 is 41.2 Å². The van der Waals surface area contributed by atoms with Crippen LogP contribution in [-0.4, -0.2) is 72.2 Å². The van der Waals surface area contributed by atoms with Gasteiger partial charge in [0.25, 0.3) is 0 Å². The lowest BCUT2D eigenvalue weighted by Gasteiger charge is -2.38. The molecule has 7 N–H and O–H groups in total. The fourth-order valence-electron chi connectivity index (χ4n) is 6.38. The number of hydrogen-bond donors (Lipinski definition) is 5. The molecule has 2 unspecified atom stereocenters. The van der Waals surface area contributed by atoms with E-state index in [1.54, 1.807) is 24.3 Å². The van der Waals surface area contributed by atoms with E-state index in [-0.39, 0.29) is 73.3 Å². The molecule has 45 heavy (non-hydrogen) atoms. The van der Waals surface area contributed by atoms with Gasteiger partial charge < -0.3 is 37.1 Å². The number of methoxy groups -OCH3 is 1. The first kappa shape index (κ1) is 35.5. The minimum Gasteiger partial charge on any atom is -0.469 e. The van der Waals surface area contributed by atoms with Crippen LogP contribution in [0.4, 0.5) is 10.5 Å². The van der Waals surface area contributed by atoms with E-state index in [4.69, 9.17) is 16.2 Å². The van der Waals surface area contributed by atoms with Crippen molar-refractivity contribution in [3.05, 3.63) is 29.8 Å². The molecule has 2 aliphatic heterocycles. The van der Waals surface area contributed by atoms with Crippen LogP contribution in [0.3, 0.4) is 0 Å². The molecule has 0 aromatic heterocycles. The molecule has 5 amide bonds. The van der Waals surface area contributed by atoms with Gasteiger partial charge in [-0.05, 0) is 62.1 Å². The molecule has 0 aliphatic carbocycles. The number of rotatable bonds is 16. The van der Waals surface area contributed by atoms with E-state index in [0.717, 1.165) is 18.4 Å². The molecule has 1 aromatic carbocycles. The maximum absolute atomic E-state index is 13.5. The van der Waals surface area contributed by atoms with E-state index in [0.29, 0.717) is 37.9 Å². The number of nitrogens with zero attached hydrogens (tertiary/aromatic N) is 1. The standard InChI is InChI=1S/C32H48N6O7/c1-19(2)29(37-27(40)12-13-28(41)38-24-10-11-25(38)16-22(15-24)31(43)45-3)26(39)17-21(5-4-14-35-32(34)44)30(42)36-23-8-6-20(18-33)7-9-23/h6-9,19,21-22,24-25,29H,4-5,10-18,33H2,1-3H3,(H,36,42)(H,37,40)(H3,34,35,44)/t21-,22?,24?,25?,29+/m1/s1.